The minimum absolute atomic E-state index is 0. The fourth-order valence-corrected chi connectivity index (χ4v) is 1.16. The molecule has 0 radical (unpaired) electrons. The number of nitrogens with zero attached hydrogens (tertiary/aromatic N) is 2. The largest absolute Gasteiger partial charge is 1.00 e. The first-order chi connectivity index (χ1) is 5.29. The maximum atomic E-state index is 4.26. The Bertz CT molecular complexity index is 361. The molecule has 0 unspecified atom stereocenters. The van der Waals surface area contributed by atoms with E-state index in [1.54, 1.807) is 0 Å². The molecule has 0 saturated carbocycles. The van der Waals surface area contributed by atoms with Gasteiger partial charge in [0.25, 0.3) is 0 Å². The third-order valence-electron chi connectivity index (χ3n) is 1.79. The number of hydrogen-bond acceptors (Lipinski definition) is 1. The van der Waals surface area contributed by atoms with Gasteiger partial charge in [-0.1, -0.05) is 19.4 Å². The second-order valence-electron chi connectivity index (χ2n) is 2.97. The molecule has 0 bridgehead atoms. The zero-order chi connectivity index (χ0) is 7.84. The number of hydrogen-bond donors (Lipinski definition) is 1. The standard InChI is InChI=1S/C8H10N3.K/c1-5(2)7-8-6(10-11-8)3-4-9-7;/h3-5,10H,1-2H3;/q-1;+1. The maximum Gasteiger partial charge on any atom is 1.00 e. The molecule has 0 fully saturated rings. The maximum absolute atomic E-state index is 4.26. The van der Waals surface area contributed by atoms with Crippen molar-refractivity contribution in [1.29, 1.82) is 0 Å². The minimum Gasteiger partial charge on any atom is -0.594 e. The van der Waals surface area contributed by atoms with Gasteiger partial charge in [-0.3, -0.25) is 4.98 Å². The molecule has 2 heterocycles. The summed E-state index contributed by atoms with van der Waals surface area (Å²) in [5.74, 6) is 0.454. The Balaban J connectivity index is 0.000000720. The van der Waals surface area contributed by atoms with E-state index < -0.39 is 0 Å². The SMILES string of the molecule is CC(C)c1nccc2[nH][n-]c12.[K+]. The molecule has 2 rings (SSSR count). The van der Waals surface area contributed by atoms with E-state index in [0.29, 0.717) is 5.92 Å². The topological polar surface area (TPSA) is 42.8 Å². The van der Waals surface area contributed by atoms with Crippen molar-refractivity contribution < 1.29 is 51.4 Å². The molecule has 12 heavy (non-hydrogen) atoms. The van der Waals surface area contributed by atoms with Crippen LogP contribution < -0.4 is 56.5 Å². The first kappa shape index (κ1) is 10.5. The van der Waals surface area contributed by atoms with Gasteiger partial charge in [0.1, 0.15) is 0 Å². The molecule has 58 valence electrons. The van der Waals surface area contributed by atoms with E-state index >= 15 is 0 Å². The van der Waals surface area contributed by atoms with Gasteiger partial charge in [-0.25, -0.2) is 0 Å². The van der Waals surface area contributed by atoms with Crippen LogP contribution in [0, 0.1) is 0 Å². The van der Waals surface area contributed by atoms with Crippen molar-refractivity contribution in [1.82, 2.24) is 15.2 Å². The average Bonchev–Trinajstić information content (AvgIpc) is 1.90. The van der Waals surface area contributed by atoms with E-state index in [1.165, 1.54) is 0 Å². The number of aromatic nitrogens is 3. The van der Waals surface area contributed by atoms with Crippen LogP contribution in [0.25, 0.3) is 11.0 Å². The molecule has 0 saturated heterocycles. The Morgan fingerprint density at radius 2 is 2.25 bits per heavy atom. The molecule has 0 aliphatic heterocycles. The Morgan fingerprint density at radius 3 is 2.67 bits per heavy atom. The number of nitrogens with one attached hydrogen (secondary N) is 1. The number of fused-ring (bicyclic) bond motifs is 1. The van der Waals surface area contributed by atoms with Crippen LogP contribution in [0.4, 0.5) is 0 Å². The fraction of sp³-hybridized carbons (Fsp3) is 0.375. The molecule has 0 aliphatic carbocycles. The summed E-state index contributed by atoms with van der Waals surface area (Å²) in [5, 5.41) is 6.91. The van der Waals surface area contributed by atoms with Gasteiger partial charge in [0.2, 0.25) is 0 Å². The van der Waals surface area contributed by atoms with Gasteiger partial charge >= 0.3 is 51.4 Å². The zero-order valence-corrected chi connectivity index (χ0v) is 10.7. The summed E-state index contributed by atoms with van der Waals surface area (Å²) in [5.41, 5.74) is 3.22. The zero-order valence-electron chi connectivity index (χ0n) is 7.63. The molecule has 0 aromatic carbocycles. The predicted molar refractivity (Wildman–Crippen MR) is 43.5 cm³/mol. The van der Waals surface area contributed by atoms with Crippen molar-refractivity contribution in [3.63, 3.8) is 0 Å². The van der Waals surface area contributed by atoms with Crippen molar-refractivity contribution in [3.8, 4) is 0 Å². The third-order valence-corrected chi connectivity index (χ3v) is 1.79. The van der Waals surface area contributed by atoms with E-state index in [1.807, 2.05) is 12.3 Å². The van der Waals surface area contributed by atoms with E-state index in [-0.39, 0.29) is 51.4 Å². The Labute approximate surface area is 114 Å². The van der Waals surface area contributed by atoms with Crippen molar-refractivity contribution >= 4 is 11.0 Å². The van der Waals surface area contributed by atoms with Crippen molar-refractivity contribution in [2.24, 2.45) is 0 Å². The van der Waals surface area contributed by atoms with Crippen LogP contribution in [0.3, 0.4) is 0 Å². The second kappa shape index (κ2) is 4.06. The second-order valence-corrected chi connectivity index (χ2v) is 2.97. The van der Waals surface area contributed by atoms with Crippen LogP contribution in [0.5, 0.6) is 0 Å². The summed E-state index contributed by atoms with van der Waals surface area (Å²) >= 11 is 0. The number of H-pyrrole nitrogens is 1. The molecule has 2 aromatic rings. The number of pyridine rings is 1. The summed E-state index contributed by atoms with van der Waals surface area (Å²) in [6, 6.07) is 1.94. The van der Waals surface area contributed by atoms with Gasteiger partial charge in [0.15, 0.2) is 0 Å². The number of aromatic amines is 1. The van der Waals surface area contributed by atoms with Gasteiger partial charge < -0.3 is 10.2 Å². The Morgan fingerprint density at radius 1 is 1.50 bits per heavy atom. The van der Waals surface area contributed by atoms with Crippen LogP contribution in [0.1, 0.15) is 25.5 Å². The monoisotopic (exact) mass is 187 g/mol. The van der Waals surface area contributed by atoms with E-state index in [0.717, 1.165) is 16.7 Å². The van der Waals surface area contributed by atoms with Crippen LogP contribution in [-0.4, -0.2) is 10.1 Å². The summed E-state index contributed by atoms with van der Waals surface area (Å²) in [6.07, 6.45) is 1.82. The molecule has 0 atom stereocenters. The summed E-state index contributed by atoms with van der Waals surface area (Å²) in [6.45, 7) is 4.24. The van der Waals surface area contributed by atoms with Crippen molar-refractivity contribution in [3.05, 3.63) is 18.0 Å². The average molecular weight is 187 g/mol. The van der Waals surface area contributed by atoms with Crippen LogP contribution in [0.2, 0.25) is 0 Å². The molecule has 0 spiro atoms. The first-order valence-corrected chi connectivity index (χ1v) is 3.74. The number of rotatable bonds is 1. The van der Waals surface area contributed by atoms with Gasteiger partial charge in [-0.2, -0.15) is 0 Å². The molecule has 0 amide bonds. The molecule has 2 aromatic heterocycles. The van der Waals surface area contributed by atoms with E-state index in [4.69, 9.17) is 0 Å². The molecule has 1 N–H and O–H groups in total. The van der Waals surface area contributed by atoms with Crippen LogP contribution in [-0.2, 0) is 0 Å². The summed E-state index contributed by atoms with van der Waals surface area (Å²) in [7, 11) is 0. The van der Waals surface area contributed by atoms with Gasteiger partial charge in [-0.15, -0.1) is 0 Å². The predicted octanol–water partition coefficient (Wildman–Crippen LogP) is -1.35. The van der Waals surface area contributed by atoms with Crippen molar-refractivity contribution in [2.75, 3.05) is 0 Å². The van der Waals surface area contributed by atoms with E-state index in [2.05, 4.69) is 29.0 Å². The smallest absolute Gasteiger partial charge is 0.594 e. The molecule has 3 nitrogen and oxygen atoms in total. The van der Waals surface area contributed by atoms with Crippen LogP contribution in [0.15, 0.2) is 12.3 Å². The molecular formula is C8H10KN3. The van der Waals surface area contributed by atoms with Gasteiger partial charge in [0.05, 0.1) is 0 Å². The molecular weight excluding hydrogens is 177 g/mol. The quantitative estimate of drug-likeness (QED) is 0.561. The minimum atomic E-state index is 0. The summed E-state index contributed by atoms with van der Waals surface area (Å²) < 4.78 is 0. The summed E-state index contributed by atoms with van der Waals surface area (Å²) in [4.78, 5) is 4.26. The van der Waals surface area contributed by atoms with E-state index in [9.17, 15) is 0 Å². The van der Waals surface area contributed by atoms with Gasteiger partial charge in [-0.05, 0) is 12.0 Å². The third kappa shape index (κ3) is 1.67. The molecule has 0 aliphatic rings. The van der Waals surface area contributed by atoms with Gasteiger partial charge in [0, 0.05) is 17.4 Å². The Kier molecular flexibility index (Phi) is 3.54. The van der Waals surface area contributed by atoms with Crippen molar-refractivity contribution in [2.45, 2.75) is 19.8 Å². The van der Waals surface area contributed by atoms with Crippen LogP contribution >= 0.6 is 0 Å². The molecule has 4 heteroatoms. The normalized spacial score (nSPS) is 10.6. The Hall–Kier alpha value is 0.386. The first-order valence-electron chi connectivity index (χ1n) is 3.74. The fourth-order valence-electron chi connectivity index (χ4n) is 1.16.